The lowest BCUT2D eigenvalue weighted by molar-refractivity contribution is -0.126. The van der Waals surface area contributed by atoms with Crippen molar-refractivity contribution in [1.82, 2.24) is 10.2 Å². The predicted molar refractivity (Wildman–Crippen MR) is 115 cm³/mol. The highest BCUT2D eigenvalue weighted by Gasteiger charge is 2.27. The molecule has 2 aromatic carbocycles. The van der Waals surface area contributed by atoms with Crippen LogP contribution >= 0.6 is 23.2 Å². The van der Waals surface area contributed by atoms with E-state index in [0.29, 0.717) is 48.1 Å². The Hall–Kier alpha value is -2.13. The van der Waals surface area contributed by atoms with Crippen LogP contribution in [0, 0.1) is 5.92 Å². The topological polar surface area (TPSA) is 110 Å². The number of primary sulfonamides is 1. The lowest BCUT2D eigenvalue weighted by Crippen LogP contribution is -2.42. The molecule has 3 N–H and O–H groups in total. The van der Waals surface area contributed by atoms with Gasteiger partial charge in [-0.25, -0.2) is 13.6 Å². The van der Waals surface area contributed by atoms with Crippen LogP contribution in [-0.2, 0) is 21.4 Å². The van der Waals surface area contributed by atoms with Gasteiger partial charge in [-0.05, 0) is 60.9 Å². The molecule has 2 aromatic rings. The van der Waals surface area contributed by atoms with Crippen molar-refractivity contribution in [2.45, 2.75) is 24.3 Å². The predicted octanol–water partition coefficient (Wildman–Crippen LogP) is 2.81. The van der Waals surface area contributed by atoms with Gasteiger partial charge in [-0.3, -0.25) is 9.59 Å². The van der Waals surface area contributed by atoms with Gasteiger partial charge in [-0.1, -0.05) is 23.2 Å². The van der Waals surface area contributed by atoms with E-state index in [1.165, 1.54) is 24.3 Å². The summed E-state index contributed by atoms with van der Waals surface area (Å²) in [6.07, 6.45) is 1.09. The highest BCUT2D eigenvalue weighted by atomic mass is 35.5. The molecule has 1 aliphatic heterocycles. The fourth-order valence-electron chi connectivity index (χ4n) is 3.36. The third-order valence-corrected chi connectivity index (χ3v) is 6.34. The Bertz CT molecular complexity index is 1030. The van der Waals surface area contributed by atoms with Crippen LogP contribution in [0.15, 0.2) is 47.4 Å². The molecule has 0 aliphatic carbocycles. The Morgan fingerprint density at radius 3 is 2.13 bits per heavy atom. The third kappa shape index (κ3) is 5.72. The molecular formula is C20H21Cl2N3O4S. The molecule has 1 aliphatic rings. The number of nitrogens with zero attached hydrogens (tertiary/aromatic N) is 1. The van der Waals surface area contributed by atoms with Gasteiger partial charge in [0.05, 0.1) is 4.90 Å². The Morgan fingerprint density at radius 1 is 1.03 bits per heavy atom. The number of rotatable bonds is 5. The van der Waals surface area contributed by atoms with E-state index >= 15 is 0 Å². The molecule has 0 saturated carbocycles. The number of carbonyl (C=O) groups is 2. The highest BCUT2D eigenvalue weighted by molar-refractivity contribution is 7.89. The number of benzene rings is 2. The van der Waals surface area contributed by atoms with Crippen LogP contribution in [0.25, 0.3) is 0 Å². The number of likely N-dealkylation sites (tertiary alicyclic amines) is 1. The van der Waals surface area contributed by atoms with Crippen LogP contribution in [0.5, 0.6) is 0 Å². The summed E-state index contributed by atoms with van der Waals surface area (Å²) >= 11 is 11.9. The number of halogens is 2. The van der Waals surface area contributed by atoms with Gasteiger partial charge in [0, 0.05) is 41.2 Å². The molecule has 0 bridgehead atoms. The van der Waals surface area contributed by atoms with E-state index < -0.39 is 10.0 Å². The number of carbonyl (C=O) groups excluding carboxylic acids is 2. The maximum atomic E-state index is 12.6. The molecule has 1 heterocycles. The second kappa shape index (κ2) is 9.34. The molecule has 0 atom stereocenters. The number of hydrogen-bond donors (Lipinski definition) is 2. The van der Waals surface area contributed by atoms with Crippen LogP contribution in [0.3, 0.4) is 0 Å². The summed E-state index contributed by atoms with van der Waals surface area (Å²) in [5, 5.41) is 8.98. The summed E-state index contributed by atoms with van der Waals surface area (Å²) in [5.41, 5.74) is 1.19. The molecule has 0 radical (unpaired) electrons. The molecule has 0 spiro atoms. The second-order valence-corrected chi connectivity index (χ2v) is 9.57. The van der Waals surface area contributed by atoms with Crippen molar-refractivity contribution in [2.75, 3.05) is 13.1 Å². The summed E-state index contributed by atoms with van der Waals surface area (Å²) in [5.74, 6) is -0.465. The number of hydrogen-bond acceptors (Lipinski definition) is 4. The summed E-state index contributed by atoms with van der Waals surface area (Å²) in [4.78, 5) is 26.7. The van der Waals surface area contributed by atoms with Gasteiger partial charge in [-0.2, -0.15) is 0 Å². The summed E-state index contributed by atoms with van der Waals surface area (Å²) in [7, 11) is -3.80. The van der Waals surface area contributed by atoms with Crippen LogP contribution in [0.1, 0.15) is 28.8 Å². The van der Waals surface area contributed by atoms with Crippen molar-refractivity contribution >= 4 is 45.0 Å². The molecule has 1 saturated heterocycles. The van der Waals surface area contributed by atoms with E-state index in [1.807, 2.05) is 0 Å². The fraction of sp³-hybridized carbons (Fsp3) is 0.300. The third-order valence-electron chi connectivity index (χ3n) is 4.97. The fourth-order valence-corrected chi connectivity index (χ4v) is 4.45. The Labute approximate surface area is 185 Å². The van der Waals surface area contributed by atoms with Gasteiger partial charge in [-0.15, -0.1) is 0 Å². The average Bonchev–Trinajstić information content (AvgIpc) is 2.70. The normalized spacial score (nSPS) is 15.1. The van der Waals surface area contributed by atoms with Gasteiger partial charge < -0.3 is 10.2 Å². The van der Waals surface area contributed by atoms with Crippen molar-refractivity contribution in [3.8, 4) is 0 Å². The minimum absolute atomic E-state index is 0.0459. The summed E-state index contributed by atoms with van der Waals surface area (Å²) < 4.78 is 22.6. The van der Waals surface area contributed by atoms with E-state index in [2.05, 4.69) is 5.32 Å². The van der Waals surface area contributed by atoms with Crippen molar-refractivity contribution in [1.29, 1.82) is 0 Å². The molecule has 30 heavy (non-hydrogen) atoms. The van der Waals surface area contributed by atoms with Gasteiger partial charge in [0.1, 0.15) is 0 Å². The number of amides is 2. The van der Waals surface area contributed by atoms with Crippen molar-refractivity contribution < 1.29 is 18.0 Å². The zero-order valence-corrected chi connectivity index (χ0v) is 18.3. The molecule has 1 fully saturated rings. The number of sulfonamides is 1. The molecule has 160 valence electrons. The maximum Gasteiger partial charge on any atom is 0.253 e. The lowest BCUT2D eigenvalue weighted by atomic mass is 9.95. The number of nitrogens with two attached hydrogens (primary N) is 1. The SMILES string of the molecule is NS(=O)(=O)c1ccc(C(=O)N2CCC(C(=O)NCc3cc(Cl)cc(Cl)c3)CC2)cc1. The second-order valence-electron chi connectivity index (χ2n) is 7.13. The van der Waals surface area contributed by atoms with E-state index in [-0.39, 0.29) is 22.6 Å². The molecule has 7 nitrogen and oxygen atoms in total. The van der Waals surface area contributed by atoms with E-state index in [0.717, 1.165) is 5.56 Å². The first-order valence-electron chi connectivity index (χ1n) is 9.28. The molecule has 2 amide bonds. The van der Waals surface area contributed by atoms with E-state index in [9.17, 15) is 18.0 Å². The first kappa shape index (κ1) is 22.6. The average molecular weight is 470 g/mol. The zero-order chi connectivity index (χ0) is 21.9. The number of nitrogens with one attached hydrogen (secondary N) is 1. The van der Waals surface area contributed by atoms with Crippen molar-refractivity contribution in [2.24, 2.45) is 11.1 Å². The monoisotopic (exact) mass is 469 g/mol. The van der Waals surface area contributed by atoms with Crippen LogP contribution in [0.2, 0.25) is 10.0 Å². The molecule has 10 heteroatoms. The summed E-state index contributed by atoms with van der Waals surface area (Å²) in [6.45, 7) is 1.21. The zero-order valence-electron chi connectivity index (χ0n) is 16.0. The number of piperidine rings is 1. The first-order chi connectivity index (χ1) is 14.1. The van der Waals surface area contributed by atoms with Gasteiger partial charge >= 0.3 is 0 Å². The minimum atomic E-state index is -3.80. The van der Waals surface area contributed by atoms with Crippen LogP contribution in [-0.4, -0.2) is 38.2 Å². The summed E-state index contributed by atoms with van der Waals surface area (Å²) in [6, 6.07) is 10.6. The Morgan fingerprint density at radius 2 is 1.60 bits per heavy atom. The molecule has 0 aromatic heterocycles. The molecule has 0 unspecified atom stereocenters. The van der Waals surface area contributed by atoms with Crippen LogP contribution < -0.4 is 10.5 Å². The first-order valence-corrected chi connectivity index (χ1v) is 11.6. The highest BCUT2D eigenvalue weighted by Crippen LogP contribution is 2.21. The largest absolute Gasteiger partial charge is 0.352 e. The molecular weight excluding hydrogens is 449 g/mol. The van der Waals surface area contributed by atoms with Crippen LogP contribution in [0.4, 0.5) is 0 Å². The standard InChI is InChI=1S/C20H21Cl2N3O4S/c21-16-9-13(10-17(22)11-16)12-24-19(26)14-5-7-25(8-6-14)20(27)15-1-3-18(4-2-15)30(23,28)29/h1-4,9-11,14H,5-8,12H2,(H,24,26)(H2,23,28,29). The Kier molecular flexibility index (Phi) is 7.02. The Balaban J connectivity index is 1.52. The van der Waals surface area contributed by atoms with Gasteiger partial charge in [0.2, 0.25) is 15.9 Å². The maximum absolute atomic E-state index is 12.6. The smallest absolute Gasteiger partial charge is 0.253 e. The lowest BCUT2D eigenvalue weighted by Gasteiger charge is -2.31. The van der Waals surface area contributed by atoms with Crippen molar-refractivity contribution in [3.63, 3.8) is 0 Å². The van der Waals surface area contributed by atoms with Gasteiger partial charge in [0.15, 0.2) is 0 Å². The van der Waals surface area contributed by atoms with E-state index in [1.54, 1.807) is 23.1 Å². The molecule has 3 rings (SSSR count). The van der Waals surface area contributed by atoms with Crippen molar-refractivity contribution in [3.05, 3.63) is 63.6 Å². The van der Waals surface area contributed by atoms with E-state index in [4.69, 9.17) is 28.3 Å². The minimum Gasteiger partial charge on any atom is -0.352 e. The van der Waals surface area contributed by atoms with Gasteiger partial charge in [0.25, 0.3) is 5.91 Å². The quantitative estimate of drug-likeness (QED) is 0.700.